The minimum absolute atomic E-state index is 0.240. The van der Waals surface area contributed by atoms with Crippen LogP contribution in [0.5, 0.6) is 0 Å². The van der Waals surface area contributed by atoms with Crippen molar-refractivity contribution in [2.24, 2.45) is 11.3 Å². The van der Waals surface area contributed by atoms with Crippen LogP contribution in [0.25, 0.3) is 0 Å². The van der Waals surface area contributed by atoms with E-state index in [1.807, 2.05) is 12.1 Å². The number of hydrogen-bond acceptors (Lipinski definition) is 3. The van der Waals surface area contributed by atoms with Gasteiger partial charge in [-0.05, 0) is 30.7 Å². The molecule has 1 N–H and O–H groups in total. The van der Waals surface area contributed by atoms with E-state index in [9.17, 15) is 10.1 Å². The topological polar surface area (TPSA) is 55.2 Å². The molecule has 1 saturated carbocycles. The van der Waals surface area contributed by atoms with Crippen molar-refractivity contribution in [1.82, 2.24) is 5.32 Å². The van der Waals surface area contributed by atoms with Crippen LogP contribution in [0, 0.1) is 21.4 Å². The number of nitrogens with zero attached hydrogens (tertiary/aromatic N) is 1. The van der Waals surface area contributed by atoms with Crippen LogP contribution in [0.15, 0.2) is 24.3 Å². The van der Waals surface area contributed by atoms with E-state index in [1.54, 1.807) is 12.1 Å². The standard InChI is InChI=1S/C15H22N2O2/c1-4-16-13(12-10-15(12,2)3)9-11-7-5-6-8-14(11)17(18)19/h5-8,12-13,16H,4,9-10H2,1-3H3. The van der Waals surface area contributed by atoms with Crippen LogP contribution < -0.4 is 5.32 Å². The maximum atomic E-state index is 11.1. The number of hydrogen-bond donors (Lipinski definition) is 1. The third-order valence-corrected chi connectivity index (χ3v) is 4.17. The summed E-state index contributed by atoms with van der Waals surface area (Å²) in [6.45, 7) is 7.52. The van der Waals surface area contributed by atoms with Crippen molar-refractivity contribution >= 4 is 5.69 Å². The lowest BCUT2D eigenvalue weighted by Gasteiger charge is -2.19. The second-order valence-corrected chi connectivity index (χ2v) is 6.05. The number of nitro groups is 1. The molecule has 4 nitrogen and oxygen atoms in total. The summed E-state index contributed by atoms with van der Waals surface area (Å²) in [5, 5.41) is 14.6. The molecule has 0 heterocycles. The number of benzene rings is 1. The van der Waals surface area contributed by atoms with Crippen molar-refractivity contribution in [3.05, 3.63) is 39.9 Å². The average Bonchev–Trinajstić information content (AvgIpc) is 2.98. The van der Waals surface area contributed by atoms with E-state index >= 15 is 0 Å². The highest BCUT2D eigenvalue weighted by molar-refractivity contribution is 5.40. The fourth-order valence-electron chi connectivity index (χ4n) is 2.91. The van der Waals surface area contributed by atoms with Crippen molar-refractivity contribution in [3.8, 4) is 0 Å². The summed E-state index contributed by atoms with van der Waals surface area (Å²) in [5.41, 5.74) is 1.45. The van der Waals surface area contributed by atoms with E-state index in [-0.39, 0.29) is 10.6 Å². The van der Waals surface area contributed by atoms with E-state index in [1.165, 1.54) is 6.42 Å². The molecule has 4 heteroatoms. The zero-order valence-corrected chi connectivity index (χ0v) is 11.8. The lowest BCUT2D eigenvalue weighted by molar-refractivity contribution is -0.385. The molecule has 1 aliphatic rings. The molecule has 2 atom stereocenters. The first-order chi connectivity index (χ1) is 8.95. The average molecular weight is 262 g/mol. The van der Waals surface area contributed by atoms with Gasteiger partial charge in [0, 0.05) is 17.7 Å². The molecular formula is C15H22N2O2. The summed E-state index contributed by atoms with van der Waals surface area (Å²) in [6, 6.07) is 7.41. The Hall–Kier alpha value is -1.42. The van der Waals surface area contributed by atoms with Crippen LogP contribution in [0.4, 0.5) is 5.69 Å². The Morgan fingerprint density at radius 2 is 2.11 bits per heavy atom. The van der Waals surface area contributed by atoms with Crippen LogP contribution in [0.1, 0.15) is 32.8 Å². The van der Waals surface area contributed by atoms with E-state index in [0.29, 0.717) is 17.4 Å². The molecule has 19 heavy (non-hydrogen) atoms. The number of rotatable bonds is 6. The van der Waals surface area contributed by atoms with Gasteiger partial charge in [0.15, 0.2) is 0 Å². The maximum absolute atomic E-state index is 11.1. The quantitative estimate of drug-likeness (QED) is 0.633. The van der Waals surface area contributed by atoms with Crippen LogP contribution >= 0.6 is 0 Å². The van der Waals surface area contributed by atoms with Gasteiger partial charge in [0.2, 0.25) is 0 Å². The summed E-state index contributed by atoms with van der Waals surface area (Å²) >= 11 is 0. The normalized spacial score (nSPS) is 21.9. The predicted molar refractivity (Wildman–Crippen MR) is 76.2 cm³/mol. The summed E-state index contributed by atoms with van der Waals surface area (Å²) in [7, 11) is 0. The van der Waals surface area contributed by atoms with E-state index < -0.39 is 0 Å². The van der Waals surface area contributed by atoms with Gasteiger partial charge in [0.25, 0.3) is 5.69 Å². The molecular weight excluding hydrogens is 240 g/mol. The Labute approximate surface area is 114 Å². The minimum atomic E-state index is -0.281. The zero-order chi connectivity index (χ0) is 14.0. The fraction of sp³-hybridized carbons (Fsp3) is 0.600. The highest BCUT2D eigenvalue weighted by atomic mass is 16.6. The largest absolute Gasteiger partial charge is 0.314 e. The highest BCUT2D eigenvalue weighted by Gasteiger charge is 2.49. The molecule has 1 aliphatic carbocycles. The van der Waals surface area contributed by atoms with E-state index in [2.05, 4.69) is 26.1 Å². The van der Waals surface area contributed by atoms with Gasteiger partial charge in [0.05, 0.1) is 4.92 Å². The molecule has 1 fully saturated rings. The van der Waals surface area contributed by atoms with Crippen molar-refractivity contribution in [3.63, 3.8) is 0 Å². The van der Waals surface area contributed by atoms with Crippen molar-refractivity contribution in [2.75, 3.05) is 6.54 Å². The third-order valence-electron chi connectivity index (χ3n) is 4.17. The maximum Gasteiger partial charge on any atom is 0.272 e. The van der Waals surface area contributed by atoms with Gasteiger partial charge < -0.3 is 5.32 Å². The fourth-order valence-corrected chi connectivity index (χ4v) is 2.91. The van der Waals surface area contributed by atoms with E-state index in [4.69, 9.17) is 0 Å². The molecule has 0 amide bonds. The smallest absolute Gasteiger partial charge is 0.272 e. The van der Waals surface area contributed by atoms with Gasteiger partial charge in [0.1, 0.15) is 0 Å². The molecule has 0 radical (unpaired) electrons. The number of para-hydroxylation sites is 1. The van der Waals surface area contributed by atoms with Gasteiger partial charge in [-0.1, -0.05) is 39.0 Å². The lowest BCUT2D eigenvalue weighted by atomic mass is 9.96. The first-order valence-corrected chi connectivity index (χ1v) is 6.91. The SMILES string of the molecule is CCNC(Cc1ccccc1[N+](=O)[O-])C1CC1(C)C. The van der Waals surface area contributed by atoms with Crippen molar-refractivity contribution in [2.45, 2.75) is 39.7 Å². The molecule has 104 valence electrons. The monoisotopic (exact) mass is 262 g/mol. The van der Waals surface area contributed by atoms with Crippen LogP contribution in [-0.2, 0) is 6.42 Å². The zero-order valence-electron chi connectivity index (χ0n) is 11.8. The molecule has 1 aromatic carbocycles. The third kappa shape index (κ3) is 3.13. The van der Waals surface area contributed by atoms with Gasteiger partial charge in [-0.15, -0.1) is 0 Å². The molecule has 2 rings (SSSR count). The summed E-state index contributed by atoms with van der Waals surface area (Å²) in [6.07, 6.45) is 1.93. The van der Waals surface area contributed by atoms with Gasteiger partial charge in [-0.25, -0.2) is 0 Å². The Morgan fingerprint density at radius 1 is 1.47 bits per heavy atom. The minimum Gasteiger partial charge on any atom is -0.314 e. The van der Waals surface area contributed by atoms with Crippen molar-refractivity contribution < 1.29 is 4.92 Å². The number of nitro benzene ring substituents is 1. The Bertz CT molecular complexity index is 471. The first-order valence-electron chi connectivity index (χ1n) is 6.91. The van der Waals surface area contributed by atoms with Crippen molar-refractivity contribution in [1.29, 1.82) is 0 Å². The molecule has 2 unspecified atom stereocenters. The second kappa shape index (κ2) is 5.29. The lowest BCUT2D eigenvalue weighted by Crippen LogP contribution is -2.34. The van der Waals surface area contributed by atoms with Crippen LogP contribution in [0.3, 0.4) is 0 Å². The summed E-state index contributed by atoms with van der Waals surface area (Å²) in [5.74, 6) is 0.618. The van der Waals surface area contributed by atoms with Gasteiger partial charge >= 0.3 is 0 Å². The summed E-state index contributed by atoms with van der Waals surface area (Å²) < 4.78 is 0. The molecule has 0 aliphatic heterocycles. The summed E-state index contributed by atoms with van der Waals surface area (Å²) in [4.78, 5) is 10.8. The molecule has 0 spiro atoms. The second-order valence-electron chi connectivity index (χ2n) is 6.05. The Balaban J connectivity index is 2.16. The Morgan fingerprint density at radius 3 is 2.63 bits per heavy atom. The highest BCUT2D eigenvalue weighted by Crippen LogP contribution is 2.54. The van der Waals surface area contributed by atoms with Gasteiger partial charge in [-0.2, -0.15) is 0 Å². The molecule has 0 bridgehead atoms. The number of nitrogens with one attached hydrogen (secondary N) is 1. The molecule has 0 saturated heterocycles. The predicted octanol–water partition coefficient (Wildman–Crippen LogP) is 3.16. The number of likely N-dealkylation sites (N-methyl/N-ethyl adjacent to an activating group) is 1. The Kier molecular flexibility index (Phi) is 3.90. The van der Waals surface area contributed by atoms with Gasteiger partial charge in [-0.3, -0.25) is 10.1 Å². The molecule has 0 aromatic heterocycles. The van der Waals surface area contributed by atoms with Crippen LogP contribution in [-0.4, -0.2) is 17.5 Å². The van der Waals surface area contributed by atoms with E-state index in [0.717, 1.165) is 18.5 Å². The van der Waals surface area contributed by atoms with Crippen LogP contribution in [0.2, 0.25) is 0 Å². The first kappa shape index (κ1) is 14.0. The molecule has 1 aromatic rings.